The van der Waals surface area contributed by atoms with Crippen LogP contribution in [0.25, 0.3) is 0 Å². The Bertz CT molecular complexity index is 356. The predicted molar refractivity (Wildman–Crippen MR) is 47.3 cm³/mol. The van der Waals surface area contributed by atoms with E-state index in [9.17, 15) is 4.79 Å². The van der Waals surface area contributed by atoms with Crippen LogP contribution in [0.15, 0.2) is 6.07 Å². The lowest BCUT2D eigenvalue weighted by Gasteiger charge is -2.03. The minimum Gasteiger partial charge on any atom is -0.449 e. The molecule has 3 N–H and O–H groups in total. The molecule has 0 spiro atoms. The summed E-state index contributed by atoms with van der Waals surface area (Å²) < 4.78 is 4.22. The van der Waals surface area contributed by atoms with Gasteiger partial charge in [0.05, 0.1) is 5.69 Å². The van der Waals surface area contributed by atoms with Gasteiger partial charge in [0.2, 0.25) is 5.88 Å². The number of hydrogen-bond acceptors (Lipinski definition) is 4. The summed E-state index contributed by atoms with van der Waals surface area (Å²) in [6, 6.07) is 1.29. The van der Waals surface area contributed by atoms with E-state index in [1.165, 1.54) is 6.07 Å². The molecule has 13 heavy (non-hydrogen) atoms. The van der Waals surface area contributed by atoms with Crippen molar-refractivity contribution < 1.29 is 14.6 Å². The molecule has 0 unspecified atom stereocenters. The van der Waals surface area contributed by atoms with E-state index >= 15 is 0 Å². The van der Waals surface area contributed by atoms with Gasteiger partial charge in [0.15, 0.2) is 0 Å². The van der Waals surface area contributed by atoms with Crippen molar-refractivity contribution in [2.45, 2.75) is 0 Å². The molecule has 70 valence electrons. The molecule has 0 aliphatic heterocycles. The monoisotopic (exact) mass is 222 g/mol. The third-order valence-electron chi connectivity index (χ3n) is 1.11. The second-order valence-corrected chi connectivity index (χ2v) is 2.79. The number of aromatic nitrogens is 1. The molecule has 0 saturated heterocycles. The van der Waals surface area contributed by atoms with Gasteiger partial charge in [-0.15, -0.1) is 0 Å². The average Bonchev–Trinajstić information content (AvgIpc) is 1.98. The van der Waals surface area contributed by atoms with E-state index in [4.69, 9.17) is 34.0 Å². The quantitative estimate of drug-likeness (QED) is 0.561. The van der Waals surface area contributed by atoms with Gasteiger partial charge in [0, 0.05) is 6.07 Å². The van der Waals surface area contributed by atoms with Gasteiger partial charge in [0.25, 0.3) is 0 Å². The summed E-state index contributed by atoms with van der Waals surface area (Å²) in [5, 5.41) is 8.20. The Morgan fingerprint density at radius 2 is 2.23 bits per heavy atom. The molecule has 0 aliphatic carbocycles. The summed E-state index contributed by atoms with van der Waals surface area (Å²) in [4.78, 5) is 13.7. The van der Waals surface area contributed by atoms with Crippen LogP contribution in [0.2, 0.25) is 10.2 Å². The molecule has 0 aliphatic rings. The Hall–Kier alpha value is -1.20. The van der Waals surface area contributed by atoms with Gasteiger partial charge >= 0.3 is 6.16 Å². The highest BCUT2D eigenvalue weighted by Crippen LogP contribution is 2.30. The van der Waals surface area contributed by atoms with Crippen LogP contribution in [0.3, 0.4) is 0 Å². The summed E-state index contributed by atoms with van der Waals surface area (Å²) in [6.07, 6.45) is -1.53. The second-order valence-electron chi connectivity index (χ2n) is 2.02. The van der Waals surface area contributed by atoms with Gasteiger partial charge in [-0.05, 0) is 0 Å². The van der Waals surface area contributed by atoms with Gasteiger partial charge in [-0.3, -0.25) is 0 Å². The summed E-state index contributed by atoms with van der Waals surface area (Å²) in [7, 11) is 0. The van der Waals surface area contributed by atoms with Crippen LogP contribution in [-0.2, 0) is 0 Å². The molecule has 1 aromatic heterocycles. The lowest BCUT2D eigenvalue weighted by Crippen LogP contribution is -2.06. The third kappa shape index (κ3) is 2.37. The fourth-order valence-corrected chi connectivity index (χ4v) is 0.974. The van der Waals surface area contributed by atoms with Crippen molar-refractivity contribution in [2.24, 2.45) is 0 Å². The van der Waals surface area contributed by atoms with E-state index in [1.54, 1.807) is 0 Å². The van der Waals surface area contributed by atoms with Crippen LogP contribution in [0, 0.1) is 0 Å². The first-order valence-electron chi connectivity index (χ1n) is 3.03. The fraction of sp³-hybridized carbons (Fsp3) is 0. The van der Waals surface area contributed by atoms with E-state index < -0.39 is 6.16 Å². The normalized spacial score (nSPS) is 9.69. The first-order valence-corrected chi connectivity index (χ1v) is 3.78. The zero-order chi connectivity index (χ0) is 10.0. The zero-order valence-corrected chi connectivity index (χ0v) is 7.63. The molecule has 0 fully saturated rings. The number of ether oxygens (including phenoxy) is 1. The molecule has 5 nitrogen and oxygen atoms in total. The molecule has 0 radical (unpaired) electrons. The summed E-state index contributed by atoms with van der Waals surface area (Å²) >= 11 is 11.1. The Balaban J connectivity index is 3.12. The molecular weight excluding hydrogens is 219 g/mol. The number of halogens is 2. The Morgan fingerprint density at radius 3 is 2.77 bits per heavy atom. The number of carbonyl (C=O) groups is 1. The average molecular weight is 223 g/mol. The molecule has 0 aromatic carbocycles. The highest BCUT2D eigenvalue weighted by Gasteiger charge is 2.12. The lowest BCUT2D eigenvalue weighted by molar-refractivity contribution is 0.142. The Morgan fingerprint density at radius 1 is 1.62 bits per heavy atom. The van der Waals surface area contributed by atoms with Crippen LogP contribution >= 0.6 is 23.2 Å². The van der Waals surface area contributed by atoms with Crippen molar-refractivity contribution in [3.05, 3.63) is 16.2 Å². The topological polar surface area (TPSA) is 85.4 Å². The lowest BCUT2D eigenvalue weighted by atomic mass is 10.4. The number of anilines is 1. The van der Waals surface area contributed by atoms with Crippen LogP contribution in [0.4, 0.5) is 10.5 Å². The first-order chi connectivity index (χ1) is 6.00. The van der Waals surface area contributed by atoms with Crippen LogP contribution in [0.1, 0.15) is 0 Å². The van der Waals surface area contributed by atoms with Crippen molar-refractivity contribution in [1.29, 1.82) is 0 Å². The second kappa shape index (κ2) is 3.68. The van der Waals surface area contributed by atoms with Crippen molar-refractivity contribution >= 4 is 35.0 Å². The molecule has 0 bridgehead atoms. The minimum atomic E-state index is -1.53. The number of nitrogen functional groups attached to an aromatic ring is 1. The highest BCUT2D eigenvalue weighted by atomic mass is 35.5. The van der Waals surface area contributed by atoms with Gasteiger partial charge in [-0.25, -0.2) is 4.79 Å². The Labute approximate surface area is 83.0 Å². The largest absolute Gasteiger partial charge is 0.512 e. The molecule has 7 heteroatoms. The SMILES string of the molecule is Nc1cc(Cl)nc(OC(=O)O)c1Cl. The van der Waals surface area contributed by atoms with Gasteiger partial charge in [-0.1, -0.05) is 23.2 Å². The number of nitrogens with zero attached hydrogens (tertiary/aromatic N) is 1. The maximum atomic E-state index is 10.1. The maximum Gasteiger partial charge on any atom is 0.512 e. The minimum absolute atomic E-state index is 0.0122. The predicted octanol–water partition coefficient (Wildman–Crippen LogP) is 2.03. The van der Waals surface area contributed by atoms with Gasteiger partial charge in [0.1, 0.15) is 10.2 Å². The van der Waals surface area contributed by atoms with E-state index in [0.717, 1.165) is 0 Å². The molecule has 0 atom stereocenters. The standard InChI is InChI=1S/C6H4Cl2N2O3/c7-3-1-2(9)4(8)5(10-3)13-6(11)12/h1H,(H2,9,10)(H,11,12). The van der Waals surface area contributed by atoms with Crippen molar-refractivity contribution in [2.75, 3.05) is 5.73 Å². The van der Waals surface area contributed by atoms with Crippen LogP contribution in [0.5, 0.6) is 5.88 Å². The Kier molecular flexibility index (Phi) is 2.79. The molecule has 1 rings (SSSR count). The van der Waals surface area contributed by atoms with E-state index in [1.807, 2.05) is 0 Å². The number of rotatable bonds is 1. The molecule has 1 aromatic rings. The summed E-state index contributed by atoms with van der Waals surface area (Å²) in [5.41, 5.74) is 5.48. The van der Waals surface area contributed by atoms with Crippen molar-refractivity contribution in [1.82, 2.24) is 4.98 Å². The van der Waals surface area contributed by atoms with E-state index in [-0.39, 0.29) is 21.7 Å². The fourth-order valence-electron chi connectivity index (χ4n) is 0.644. The van der Waals surface area contributed by atoms with E-state index in [2.05, 4.69) is 9.72 Å². The van der Waals surface area contributed by atoms with Crippen molar-refractivity contribution in [3.63, 3.8) is 0 Å². The van der Waals surface area contributed by atoms with Crippen molar-refractivity contribution in [3.8, 4) is 5.88 Å². The molecular formula is C6H4Cl2N2O3. The third-order valence-corrected chi connectivity index (χ3v) is 1.68. The molecule has 0 saturated carbocycles. The number of hydrogen-bond donors (Lipinski definition) is 2. The van der Waals surface area contributed by atoms with E-state index in [0.29, 0.717) is 0 Å². The zero-order valence-electron chi connectivity index (χ0n) is 6.12. The number of nitrogens with two attached hydrogens (primary N) is 1. The summed E-state index contributed by atoms with van der Waals surface area (Å²) in [6.45, 7) is 0. The summed E-state index contributed by atoms with van der Waals surface area (Å²) in [5.74, 6) is -0.320. The van der Waals surface area contributed by atoms with Crippen LogP contribution < -0.4 is 10.5 Å². The highest BCUT2D eigenvalue weighted by molar-refractivity contribution is 6.35. The smallest absolute Gasteiger partial charge is 0.449 e. The molecule has 1 heterocycles. The molecule has 0 amide bonds. The van der Waals surface area contributed by atoms with Crippen LogP contribution in [-0.4, -0.2) is 16.2 Å². The number of pyridine rings is 1. The number of carboxylic acid groups (broad SMARTS) is 1. The van der Waals surface area contributed by atoms with Gasteiger partial charge < -0.3 is 15.6 Å². The first kappa shape index (κ1) is 9.88. The maximum absolute atomic E-state index is 10.1. The van der Waals surface area contributed by atoms with Gasteiger partial charge in [-0.2, -0.15) is 4.98 Å².